The molecule has 0 nitrogen and oxygen atoms in total. The van der Waals surface area contributed by atoms with Gasteiger partial charge in [-0.15, -0.1) is 11.6 Å². The molecular weight excluding hydrogens is 320 g/mol. The summed E-state index contributed by atoms with van der Waals surface area (Å²) in [7, 11) is 0. The SMILES string of the molecule is ClC(c1ccc(Br)cc1)c1ccc2ccccc2c1. The quantitative estimate of drug-likeness (QED) is 0.510. The lowest BCUT2D eigenvalue weighted by atomic mass is 10.0. The van der Waals surface area contributed by atoms with Crippen LogP contribution < -0.4 is 0 Å². The average Bonchev–Trinajstić information content (AvgIpc) is 2.47. The summed E-state index contributed by atoms with van der Waals surface area (Å²) >= 11 is 10.0. The first-order valence-electron chi connectivity index (χ1n) is 6.12. The fraction of sp³-hybridized carbons (Fsp3) is 0.0588. The molecule has 0 saturated heterocycles. The van der Waals surface area contributed by atoms with Crippen LogP contribution in [-0.4, -0.2) is 0 Å². The molecule has 0 bridgehead atoms. The molecule has 0 spiro atoms. The maximum atomic E-state index is 6.57. The second-order valence-corrected chi connectivity index (χ2v) is 5.87. The van der Waals surface area contributed by atoms with E-state index in [4.69, 9.17) is 11.6 Å². The van der Waals surface area contributed by atoms with Gasteiger partial charge in [0.25, 0.3) is 0 Å². The minimum Gasteiger partial charge on any atom is -0.113 e. The molecule has 0 heterocycles. The molecule has 1 atom stereocenters. The average molecular weight is 332 g/mol. The van der Waals surface area contributed by atoms with Crippen molar-refractivity contribution in [1.29, 1.82) is 0 Å². The van der Waals surface area contributed by atoms with Crippen molar-refractivity contribution in [2.45, 2.75) is 5.38 Å². The van der Waals surface area contributed by atoms with E-state index in [-0.39, 0.29) is 5.38 Å². The van der Waals surface area contributed by atoms with Gasteiger partial charge in [-0.25, -0.2) is 0 Å². The molecule has 0 aliphatic heterocycles. The van der Waals surface area contributed by atoms with E-state index < -0.39 is 0 Å². The maximum absolute atomic E-state index is 6.57. The number of hydrogen-bond donors (Lipinski definition) is 0. The summed E-state index contributed by atoms with van der Waals surface area (Å²) in [6, 6.07) is 22.9. The minimum absolute atomic E-state index is 0.113. The molecule has 0 aromatic heterocycles. The topological polar surface area (TPSA) is 0 Å². The molecule has 2 heteroatoms. The Kier molecular flexibility index (Phi) is 3.58. The van der Waals surface area contributed by atoms with Crippen LogP contribution in [0.15, 0.2) is 71.2 Å². The van der Waals surface area contributed by atoms with E-state index in [0.29, 0.717) is 0 Å². The Bertz CT molecular complexity index is 704. The van der Waals surface area contributed by atoms with Crippen molar-refractivity contribution >= 4 is 38.3 Å². The van der Waals surface area contributed by atoms with Gasteiger partial charge >= 0.3 is 0 Å². The van der Waals surface area contributed by atoms with Gasteiger partial charge in [0.15, 0.2) is 0 Å². The number of benzene rings is 3. The van der Waals surface area contributed by atoms with Crippen molar-refractivity contribution < 1.29 is 0 Å². The van der Waals surface area contributed by atoms with Crippen molar-refractivity contribution in [1.82, 2.24) is 0 Å². The molecule has 3 rings (SSSR count). The Labute approximate surface area is 126 Å². The standard InChI is InChI=1S/C17H12BrCl/c18-16-9-7-13(8-10-16)17(19)15-6-5-12-3-1-2-4-14(12)11-15/h1-11,17H. The largest absolute Gasteiger partial charge is 0.113 e. The van der Waals surface area contributed by atoms with Crippen LogP contribution in [-0.2, 0) is 0 Å². The summed E-state index contributed by atoms with van der Waals surface area (Å²) < 4.78 is 1.07. The molecule has 0 aliphatic rings. The first-order chi connectivity index (χ1) is 9.24. The fourth-order valence-electron chi connectivity index (χ4n) is 2.19. The highest BCUT2D eigenvalue weighted by molar-refractivity contribution is 9.10. The second kappa shape index (κ2) is 5.36. The Morgan fingerprint density at radius 3 is 2.11 bits per heavy atom. The van der Waals surface area contributed by atoms with Gasteiger partial charge in [0.2, 0.25) is 0 Å². The van der Waals surface area contributed by atoms with Crippen LogP contribution in [0.1, 0.15) is 16.5 Å². The predicted octanol–water partition coefficient (Wildman–Crippen LogP) is 5.93. The van der Waals surface area contributed by atoms with Gasteiger partial charge in [-0.2, -0.15) is 0 Å². The highest BCUT2D eigenvalue weighted by Gasteiger charge is 2.10. The molecule has 94 valence electrons. The normalized spacial score (nSPS) is 12.5. The molecular formula is C17H12BrCl. The van der Waals surface area contributed by atoms with E-state index in [0.717, 1.165) is 15.6 Å². The molecule has 3 aromatic carbocycles. The van der Waals surface area contributed by atoms with Crippen molar-refractivity contribution in [3.63, 3.8) is 0 Å². The Morgan fingerprint density at radius 2 is 1.37 bits per heavy atom. The van der Waals surface area contributed by atoms with Crippen molar-refractivity contribution in [2.24, 2.45) is 0 Å². The summed E-state index contributed by atoms with van der Waals surface area (Å²) in [6.07, 6.45) is 0. The van der Waals surface area contributed by atoms with Crippen molar-refractivity contribution in [3.05, 3.63) is 82.3 Å². The van der Waals surface area contributed by atoms with Gasteiger partial charge in [-0.3, -0.25) is 0 Å². The van der Waals surface area contributed by atoms with Crippen LogP contribution in [0.5, 0.6) is 0 Å². The zero-order valence-corrected chi connectivity index (χ0v) is 12.5. The van der Waals surface area contributed by atoms with E-state index in [1.165, 1.54) is 10.8 Å². The van der Waals surface area contributed by atoms with Crippen molar-refractivity contribution in [3.8, 4) is 0 Å². The third-order valence-corrected chi connectivity index (χ3v) is 4.26. The monoisotopic (exact) mass is 330 g/mol. The van der Waals surface area contributed by atoms with E-state index >= 15 is 0 Å². The van der Waals surface area contributed by atoms with Gasteiger partial charge in [0.1, 0.15) is 0 Å². The summed E-state index contributed by atoms with van der Waals surface area (Å²) in [6.45, 7) is 0. The Balaban J connectivity index is 2.01. The van der Waals surface area contributed by atoms with E-state index in [1.54, 1.807) is 0 Å². The molecule has 0 aliphatic carbocycles. The van der Waals surface area contributed by atoms with Crippen LogP contribution in [0, 0.1) is 0 Å². The zero-order chi connectivity index (χ0) is 13.2. The zero-order valence-electron chi connectivity index (χ0n) is 10.2. The minimum atomic E-state index is -0.113. The van der Waals surface area contributed by atoms with E-state index in [9.17, 15) is 0 Å². The highest BCUT2D eigenvalue weighted by Crippen LogP contribution is 2.31. The number of halogens is 2. The van der Waals surface area contributed by atoms with Crippen LogP contribution >= 0.6 is 27.5 Å². The first kappa shape index (κ1) is 12.7. The number of hydrogen-bond acceptors (Lipinski definition) is 0. The molecule has 19 heavy (non-hydrogen) atoms. The van der Waals surface area contributed by atoms with Gasteiger partial charge in [-0.1, -0.05) is 64.5 Å². The Morgan fingerprint density at radius 1 is 0.737 bits per heavy atom. The van der Waals surface area contributed by atoms with Gasteiger partial charge in [0.05, 0.1) is 5.38 Å². The molecule has 0 N–H and O–H groups in total. The lowest BCUT2D eigenvalue weighted by molar-refractivity contribution is 1.14. The lowest BCUT2D eigenvalue weighted by Gasteiger charge is -2.11. The Hall–Kier alpha value is -1.31. The van der Waals surface area contributed by atoms with Gasteiger partial charge in [-0.05, 0) is 40.1 Å². The molecule has 3 aromatic rings. The van der Waals surface area contributed by atoms with Crippen LogP contribution in [0.25, 0.3) is 10.8 Å². The summed E-state index contributed by atoms with van der Waals surface area (Å²) in [5.74, 6) is 0. The molecule has 1 unspecified atom stereocenters. The number of fused-ring (bicyclic) bond motifs is 1. The predicted molar refractivity (Wildman–Crippen MR) is 85.8 cm³/mol. The highest BCUT2D eigenvalue weighted by atomic mass is 79.9. The summed E-state index contributed by atoms with van der Waals surface area (Å²) in [5.41, 5.74) is 2.24. The summed E-state index contributed by atoms with van der Waals surface area (Å²) in [4.78, 5) is 0. The third-order valence-electron chi connectivity index (χ3n) is 3.23. The lowest BCUT2D eigenvalue weighted by Crippen LogP contribution is -1.92. The maximum Gasteiger partial charge on any atom is 0.0835 e. The van der Waals surface area contributed by atoms with Crippen LogP contribution in [0.4, 0.5) is 0 Å². The van der Waals surface area contributed by atoms with Gasteiger partial charge < -0.3 is 0 Å². The van der Waals surface area contributed by atoms with E-state index in [1.807, 2.05) is 12.1 Å². The van der Waals surface area contributed by atoms with Crippen LogP contribution in [0.3, 0.4) is 0 Å². The number of alkyl halides is 1. The molecule has 0 fully saturated rings. The second-order valence-electron chi connectivity index (χ2n) is 4.52. The van der Waals surface area contributed by atoms with Crippen molar-refractivity contribution in [2.75, 3.05) is 0 Å². The molecule has 0 radical (unpaired) electrons. The van der Waals surface area contributed by atoms with E-state index in [2.05, 4.69) is 70.5 Å². The van der Waals surface area contributed by atoms with Gasteiger partial charge in [0, 0.05) is 4.47 Å². The fourth-order valence-corrected chi connectivity index (χ4v) is 2.74. The van der Waals surface area contributed by atoms with Crippen LogP contribution in [0.2, 0.25) is 0 Å². The summed E-state index contributed by atoms with van der Waals surface area (Å²) in [5, 5.41) is 2.35. The third kappa shape index (κ3) is 2.68. The molecule has 0 amide bonds. The smallest absolute Gasteiger partial charge is 0.0835 e. The molecule has 0 saturated carbocycles. The first-order valence-corrected chi connectivity index (χ1v) is 7.35. The number of rotatable bonds is 2.